The largest absolute Gasteiger partial charge is 0.395 e. The monoisotopic (exact) mass is 195 g/mol. The van der Waals surface area contributed by atoms with Gasteiger partial charge in [0.1, 0.15) is 0 Å². The molecule has 0 aliphatic carbocycles. The minimum absolute atomic E-state index is 0.108. The second kappa shape index (κ2) is 4.86. The molecule has 0 saturated heterocycles. The lowest BCUT2D eigenvalue weighted by Gasteiger charge is -2.04. The number of aliphatic hydroxyl groups is 1. The summed E-state index contributed by atoms with van der Waals surface area (Å²) in [6.07, 6.45) is 0.549. The van der Waals surface area contributed by atoms with Crippen molar-refractivity contribution in [2.75, 3.05) is 6.61 Å². The molecular formula is C10H10ClNO. The van der Waals surface area contributed by atoms with Gasteiger partial charge >= 0.3 is 0 Å². The SMILES string of the molecule is N#CC(CO)Cc1cccc(Cl)c1. The van der Waals surface area contributed by atoms with E-state index >= 15 is 0 Å². The van der Waals surface area contributed by atoms with Crippen molar-refractivity contribution in [3.63, 3.8) is 0 Å². The van der Waals surface area contributed by atoms with E-state index in [1.54, 1.807) is 6.07 Å². The average molecular weight is 196 g/mol. The predicted octanol–water partition coefficient (Wildman–Crippen LogP) is 2.01. The molecule has 0 aromatic heterocycles. The van der Waals surface area contributed by atoms with Gasteiger partial charge in [0.25, 0.3) is 0 Å². The highest BCUT2D eigenvalue weighted by Crippen LogP contribution is 2.13. The van der Waals surface area contributed by atoms with Crippen LogP contribution in [-0.4, -0.2) is 11.7 Å². The summed E-state index contributed by atoms with van der Waals surface area (Å²) in [5, 5.41) is 18.1. The molecule has 1 unspecified atom stereocenters. The number of halogens is 1. The standard InChI is InChI=1S/C10H10ClNO/c11-10-3-1-2-8(5-10)4-9(6-12)7-13/h1-3,5,9,13H,4,7H2. The van der Waals surface area contributed by atoms with Crippen LogP contribution in [0.2, 0.25) is 5.02 Å². The summed E-state index contributed by atoms with van der Waals surface area (Å²) < 4.78 is 0. The number of rotatable bonds is 3. The first kappa shape index (κ1) is 10.0. The van der Waals surface area contributed by atoms with E-state index in [4.69, 9.17) is 22.0 Å². The van der Waals surface area contributed by atoms with Crippen LogP contribution in [-0.2, 0) is 6.42 Å². The van der Waals surface area contributed by atoms with Crippen LogP contribution >= 0.6 is 11.6 Å². The van der Waals surface area contributed by atoms with Crippen LogP contribution in [0.3, 0.4) is 0 Å². The Balaban J connectivity index is 2.69. The molecule has 68 valence electrons. The second-order valence-corrected chi connectivity index (χ2v) is 3.28. The van der Waals surface area contributed by atoms with Gasteiger partial charge in [-0.15, -0.1) is 0 Å². The van der Waals surface area contributed by atoms with Crippen LogP contribution < -0.4 is 0 Å². The predicted molar refractivity (Wildman–Crippen MR) is 51.3 cm³/mol. The molecule has 1 aromatic rings. The van der Waals surface area contributed by atoms with E-state index in [0.29, 0.717) is 11.4 Å². The van der Waals surface area contributed by atoms with E-state index in [2.05, 4.69) is 0 Å². The quantitative estimate of drug-likeness (QED) is 0.802. The van der Waals surface area contributed by atoms with Gasteiger partial charge in [-0.05, 0) is 24.1 Å². The van der Waals surface area contributed by atoms with Crippen LogP contribution in [0.5, 0.6) is 0 Å². The van der Waals surface area contributed by atoms with E-state index in [0.717, 1.165) is 5.56 Å². The van der Waals surface area contributed by atoms with Gasteiger partial charge in [-0.1, -0.05) is 23.7 Å². The first-order chi connectivity index (χ1) is 6.26. The maximum Gasteiger partial charge on any atom is 0.0734 e. The summed E-state index contributed by atoms with van der Waals surface area (Å²) >= 11 is 5.77. The van der Waals surface area contributed by atoms with Crippen molar-refractivity contribution in [2.45, 2.75) is 6.42 Å². The molecule has 0 saturated carbocycles. The second-order valence-electron chi connectivity index (χ2n) is 2.84. The number of nitriles is 1. The molecule has 0 bridgehead atoms. The number of hydrogen-bond donors (Lipinski definition) is 1. The van der Waals surface area contributed by atoms with Crippen LogP contribution in [0, 0.1) is 17.2 Å². The highest BCUT2D eigenvalue weighted by molar-refractivity contribution is 6.30. The maximum absolute atomic E-state index is 8.80. The molecule has 3 heteroatoms. The fourth-order valence-electron chi connectivity index (χ4n) is 1.10. The summed E-state index contributed by atoms with van der Waals surface area (Å²) in [6, 6.07) is 9.35. The maximum atomic E-state index is 8.80. The summed E-state index contributed by atoms with van der Waals surface area (Å²) in [4.78, 5) is 0. The van der Waals surface area contributed by atoms with Crippen molar-refractivity contribution < 1.29 is 5.11 Å². The van der Waals surface area contributed by atoms with Crippen LogP contribution in [0.25, 0.3) is 0 Å². The third-order valence-electron chi connectivity index (χ3n) is 1.77. The van der Waals surface area contributed by atoms with Crippen molar-refractivity contribution in [3.05, 3.63) is 34.9 Å². The van der Waals surface area contributed by atoms with Gasteiger partial charge in [-0.25, -0.2) is 0 Å². The van der Waals surface area contributed by atoms with Gasteiger partial charge in [0.05, 0.1) is 18.6 Å². The zero-order valence-corrected chi connectivity index (χ0v) is 7.83. The average Bonchev–Trinajstić information content (AvgIpc) is 2.14. The number of aliphatic hydroxyl groups excluding tert-OH is 1. The molecule has 0 radical (unpaired) electrons. The lowest BCUT2D eigenvalue weighted by atomic mass is 10.0. The highest BCUT2D eigenvalue weighted by Gasteiger charge is 2.06. The van der Waals surface area contributed by atoms with Gasteiger partial charge in [0, 0.05) is 5.02 Å². The lowest BCUT2D eigenvalue weighted by Crippen LogP contribution is -2.06. The van der Waals surface area contributed by atoms with Crippen molar-refractivity contribution in [2.24, 2.45) is 5.92 Å². The molecule has 0 spiro atoms. The van der Waals surface area contributed by atoms with E-state index in [1.807, 2.05) is 24.3 Å². The number of hydrogen-bond acceptors (Lipinski definition) is 2. The molecule has 1 atom stereocenters. The summed E-state index contributed by atoms with van der Waals surface area (Å²) in [5.74, 6) is -0.335. The van der Waals surface area contributed by atoms with Crippen molar-refractivity contribution in [3.8, 4) is 6.07 Å². The minimum atomic E-state index is -0.335. The lowest BCUT2D eigenvalue weighted by molar-refractivity contribution is 0.255. The van der Waals surface area contributed by atoms with Crippen LogP contribution in [0.1, 0.15) is 5.56 Å². The van der Waals surface area contributed by atoms with Gasteiger partial charge < -0.3 is 5.11 Å². The topological polar surface area (TPSA) is 44.0 Å². The fraction of sp³-hybridized carbons (Fsp3) is 0.300. The molecule has 2 nitrogen and oxygen atoms in total. The Kier molecular flexibility index (Phi) is 3.75. The molecule has 13 heavy (non-hydrogen) atoms. The van der Waals surface area contributed by atoms with E-state index in [9.17, 15) is 0 Å². The molecule has 1 N–H and O–H groups in total. The summed E-state index contributed by atoms with van der Waals surface area (Å²) in [7, 11) is 0. The molecule has 0 aliphatic rings. The molecule has 0 fully saturated rings. The third-order valence-corrected chi connectivity index (χ3v) is 2.01. The molecule has 0 heterocycles. The molecular weight excluding hydrogens is 186 g/mol. The van der Waals surface area contributed by atoms with Crippen LogP contribution in [0.15, 0.2) is 24.3 Å². The molecule has 0 amide bonds. The first-order valence-corrected chi connectivity index (χ1v) is 4.39. The van der Waals surface area contributed by atoms with Gasteiger partial charge in [-0.2, -0.15) is 5.26 Å². The van der Waals surface area contributed by atoms with Crippen molar-refractivity contribution >= 4 is 11.6 Å². The van der Waals surface area contributed by atoms with Crippen LogP contribution in [0.4, 0.5) is 0 Å². The van der Waals surface area contributed by atoms with E-state index in [1.165, 1.54) is 0 Å². The summed E-state index contributed by atoms with van der Waals surface area (Å²) in [6.45, 7) is -0.108. The zero-order chi connectivity index (χ0) is 9.68. The highest BCUT2D eigenvalue weighted by atomic mass is 35.5. The molecule has 1 rings (SSSR count). The normalized spacial score (nSPS) is 12.1. The molecule has 1 aromatic carbocycles. The minimum Gasteiger partial charge on any atom is -0.395 e. The Morgan fingerprint density at radius 2 is 2.31 bits per heavy atom. The number of benzene rings is 1. The van der Waals surface area contributed by atoms with Crippen molar-refractivity contribution in [1.82, 2.24) is 0 Å². The Morgan fingerprint density at radius 3 is 2.85 bits per heavy atom. The van der Waals surface area contributed by atoms with Crippen molar-refractivity contribution in [1.29, 1.82) is 5.26 Å². The summed E-state index contributed by atoms with van der Waals surface area (Å²) in [5.41, 5.74) is 0.980. The van der Waals surface area contributed by atoms with E-state index < -0.39 is 0 Å². The first-order valence-electron chi connectivity index (χ1n) is 4.01. The smallest absolute Gasteiger partial charge is 0.0734 e. The van der Waals surface area contributed by atoms with Gasteiger partial charge in [0.2, 0.25) is 0 Å². The van der Waals surface area contributed by atoms with Gasteiger partial charge in [-0.3, -0.25) is 0 Å². The number of nitrogens with zero attached hydrogens (tertiary/aromatic N) is 1. The Labute approximate surface area is 82.4 Å². The zero-order valence-electron chi connectivity index (χ0n) is 7.07. The van der Waals surface area contributed by atoms with Gasteiger partial charge in [0.15, 0.2) is 0 Å². The third kappa shape index (κ3) is 3.06. The molecule has 0 aliphatic heterocycles. The Bertz CT molecular complexity index is 319. The Hall–Kier alpha value is -1.04. The Morgan fingerprint density at radius 1 is 1.54 bits per heavy atom. The van der Waals surface area contributed by atoms with E-state index in [-0.39, 0.29) is 12.5 Å². The fourth-order valence-corrected chi connectivity index (χ4v) is 1.31.